The fraction of sp³-hybridized carbons (Fsp3) is 0.588. The molecular weight excluding hydrogens is 250 g/mol. The Morgan fingerprint density at radius 3 is 2.60 bits per heavy atom. The quantitative estimate of drug-likeness (QED) is 0.830. The zero-order valence-corrected chi connectivity index (χ0v) is 12.3. The first-order chi connectivity index (χ1) is 9.69. The Balaban J connectivity index is 1.90. The van der Waals surface area contributed by atoms with E-state index >= 15 is 0 Å². The van der Waals surface area contributed by atoms with Gasteiger partial charge in [-0.1, -0.05) is 49.1 Å². The summed E-state index contributed by atoms with van der Waals surface area (Å²) in [5.74, 6) is 0.290. The van der Waals surface area contributed by atoms with Gasteiger partial charge in [0.05, 0.1) is 6.42 Å². The van der Waals surface area contributed by atoms with Gasteiger partial charge in [-0.3, -0.25) is 4.79 Å². The van der Waals surface area contributed by atoms with Crippen LogP contribution in [0.2, 0.25) is 0 Å². The molecule has 2 unspecified atom stereocenters. The summed E-state index contributed by atoms with van der Waals surface area (Å²) in [6.07, 6.45) is 5.95. The van der Waals surface area contributed by atoms with Crippen molar-refractivity contribution >= 4 is 5.91 Å². The third kappa shape index (κ3) is 4.34. The number of aryl methyl sites for hydroxylation is 1. The van der Waals surface area contributed by atoms with Crippen molar-refractivity contribution in [2.24, 2.45) is 5.92 Å². The number of amides is 1. The van der Waals surface area contributed by atoms with Gasteiger partial charge in [0.1, 0.15) is 0 Å². The molecule has 2 rings (SSSR count). The fourth-order valence-electron chi connectivity index (χ4n) is 2.94. The number of aliphatic hydroxyl groups is 1. The van der Waals surface area contributed by atoms with E-state index in [4.69, 9.17) is 0 Å². The molecule has 1 aliphatic carbocycles. The summed E-state index contributed by atoms with van der Waals surface area (Å²) in [5.41, 5.74) is 2.25. The van der Waals surface area contributed by atoms with Gasteiger partial charge in [0.2, 0.25) is 5.91 Å². The third-order valence-electron chi connectivity index (χ3n) is 4.23. The molecule has 3 heteroatoms. The summed E-state index contributed by atoms with van der Waals surface area (Å²) in [6, 6.07) is 8.22. The van der Waals surface area contributed by atoms with Gasteiger partial charge in [0.15, 0.2) is 0 Å². The average Bonchev–Trinajstić information content (AvgIpc) is 2.66. The van der Waals surface area contributed by atoms with E-state index < -0.39 is 0 Å². The standard InChI is InChI=1S/C17H25NO2/c1-13-7-9-14(10-8-13)11-17(20)18-16-6-4-2-3-5-15(16)12-19/h7-10,15-16,19H,2-6,11-12H2,1H3,(H,18,20). The fourth-order valence-corrected chi connectivity index (χ4v) is 2.94. The molecule has 0 saturated heterocycles. The van der Waals surface area contributed by atoms with Crippen LogP contribution in [-0.2, 0) is 11.2 Å². The lowest BCUT2D eigenvalue weighted by molar-refractivity contribution is -0.121. The predicted molar refractivity (Wildman–Crippen MR) is 80.5 cm³/mol. The molecule has 2 atom stereocenters. The van der Waals surface area contributed by atoms with Gasteiger partial charge in [0.25, 0.3) is 0 Å². The Morgan fingerprint density at radius 2 is 1.90 bits per heavy atom. The van der Waals surface area contributed by atoms with Crippen LogP contribution in [0.5, 0.6) is 0 Å². The van der Waals surface area contributed by atoms with Crippen molar-refractivity contribution in [3.05, 3.63) is 35.4 Å². The molecule has 1 aliphatic rings. The summed E-state index contributed by atoms with van der Waals surface area (Å²) in [5, 5.41) is 12.6. The second kappa shape index (κ2) is 7.44. The smallest absolute Gasteiger partial charge is 0.224 e. The van der Waals surface area contributed by atoms with Gasteiger partial charge in [0, 0.05) is 18.6 Å². The Kier molecular flexibility index (Phi) is 5.60. The van der Waals surface area contributed by atoms with E-state index in [1.807, 2.05) is 31.2 Å². The number of hydrogen-bond acceptors (Lipinski definition) is 2. The molecule has 0 aliphatic heterocycles. The topological polar surface area (TPSA) is 49.3 Å². The minimum Gasteiger partial charge on any atom is -0.396 e. The van der Waals surface area contributed by atoms with Gasteiger partial charge in [-0.2, -0.15) is 0 Å². The molecule has 1 saturated carbocycles. The van der Waals surface area contributed by atoms with Gasteiger partial charge >= 0.3 is 0 Å². The number of hydrogen-bond donors (Lipinski definition) is 2. The van der Waals surface area contributed by atoms with Crippen molar-refractivity contribution < 1.29 is 9.90 Å². The van der Waals surface area contributed by atoms with Crippen LogP contribution in [0.4, 0.5) is 0 Å². The van der Waals surface area contributed by atoms with Crippen molar-refractivity contribution in [2.75, 3.05) is 6.61 Å². The Hall–Kier alpha value is -1.35. The largest absolute Gasteiger partial charge is 0.396 e. The highest BCUT2D eigenvalue weighted by atomic mass is 16.3. The van der Waals surface area contributed by atoms with E-state index in [9.17, 15) is 9.90 Å². The van der Waals surface area contributed by atoms with E-state index in [0.29, 0.717) is 6.42 Å². The minimum absolute atomic E-state index is 0.0687. The highest BCUT2D eigenvalue weighted by Gasteiger charge is 2.24. The lowest BCUT2D eigenvalue weighted by atomic mass is 9.95. The molecule has 0 spiro atoms. The molecule has 0 heterocycles. The highest BCUT2D eigenvalue weighted by Crippen LogP contribution is 2.23. The molecule has 1 amide bonds. The van der Waals surface area contributed by atoms with Crippen molar-refractivity contribution in [1.29, 1.82) is 0 Å². The van der Waals surface area contributed by atoms with E-state index in [1.165, 1.54) is 12.0 Å². The Bertz CT molecular complexity index is 427. The van der Waals surface area contributed by atoms with Crippen LogP contribution in [0.15, 0.2) is 24.3 Å². The van der Waals surface area contributed by atoms with Crippen molar-refractivity contribution in [2.45, 2.75) is 51.5 Å². The molecule has 1 fully saturated rings. The second-order valence-corrected chi connectivity index (χ2v) is 5.92. The van der Waals surface area contributed by atoms with Gasteiger partial charge < -0.3 is 10.4 Å². The van der Waals surface area contributed by atoms with Crippen LogP contribution in [-0.4, -0.2) is 23.7 Å². The summed E-state index contributed by atoms with van der Waals surface area (Å²) < 4.78 is 0. The lowest BCUT2D eigenvalue weighted by Gasteiger charge is -2.24. The monoisotopic (exact) mass is 275 g/mol. The van der Waals surface area contributed by atoms with Crippen molar-refractivity contribution in [3.8, 4) is 0 Å². The van der Waals surface area contributed by atoms with Crippen LogP contribution in [0.3, 0.4) is 0 Å². The molecule has 20 heavy (non-hydrogen) atoms. The van der Waals surface area contributed by atoms with E-state index in [1.54, 1.807) is 0 Å². The Morgan fingerprint density at radius 1 is 1.20 bits per heavy atom. The normalized spacial score (nSPS) is 23.1. The molecule has 0 radical (unpaired) electrons. The minimum atomic E-state index is 0.0687. The molecule has 110 valence electrons. The lowest BCUT2D eigenvalue weighted by Crippen LogP contribution is -2.41. The molecule has 0 bridgehead atoms. The number of benzene rings is 1. The van der Waals surface area contributed by atoms with Crippen molar-refractivity contribution in [3.63, 3.8) is 0 Å². The van der Waals surface area contributed by atoms with Crippen LogP contribution < -0.4 is 5.32 Å². The molecule has 3 nitrogen and oxygen atoms in total. The highest BCUT2D eigenvalue weighted by molar-refractivity contribution is 5.78. The first-order valence-electron chi connectivity index (χ1n) is 7.65. The first-order valence-corrected chi connectivity index (χ1v) is 7.65. The second-order valence-electron chi connectivity index (χ2n) is 5.92. The summed E-state index contributed by atoms with van der Waals surface area (Å²) in [7, 11) is 0. The number of carbonyl (C=O) groups is 1. The van der Waals surface area contributed by atoms with Crippen LogP contribution >= 0.6 is 0 Å². The maximum atomic E-state index is 12.1. The maximum absolute atomic E-state index is 12.1. The van der Waals surface area contributed by atoms with E-state index in [2.05, 4.69) is 5.32 Å². The number of nitrogens with one attached hydrogen (secondary N) is 1. The zero-order valence-electron chi connectivity index (χ0n) is 12.3. The molecule has 1 aromatic carbocycles. The maximum Gasteiger partial charge on any atom is 0.224 e. The summed E-state index contributed by atoms with van der Waals surface area (Å²) in [4.78, 5) is 12.1. The van der Waals surface area contributed by atoms with Gasteiger partial charge in [-0.25, -0.2) is 0 Å². The number of aliphatic hydroxyl groups excluding tert-OH is 1. The van der Waals surface area contributed by atoms with Crippen LogP contribution in [0.25, 0.3) is 0 Å². The van der Waals surface area contributed by atoms with Crippen molar-refractivity contribution in [1.82, 2.24) is 5.32 Å². The number of carbonyl (C=O) groups excluding carboxylic acids is 1. The van der Waals surface area contributed by atoms with E-state index in [-0.39, 0.29) is 24.5 Å². The summed E-state index contributed by atoms with van der Waals surface area (Å²) in [6.45, 7) is 2.22. The van der Waals surface area contributed by atoms with Crippen LogP contribution in [0.1, 0.15) is 43.2 Å². The predicted octanol–water partition coefficient (Wildman–Crippen LogP) is 2.59. The zero-order chi connectivity index (χ0) is 14.4. The molecular formula is C17H25NO2. The van der Waals surface area contributed by atoms with Gasteiger partial charge in [-0.05, 0) is 25.3 Å². The molecule has 0 aromatic heterocycles. The van der Waals surface area contributed by atoms with E-state index in [0.717, 1.165) is 31.2 Å². The first kappa shape index (κ1) is 15.0. The van der Waals surface area contributed by atoms with Gasteiger partial charge in [-0.15, -0.1) is 0 Å². The summed E-state index contributed by atoms with van der Waals surface area (Å²) >= 11 is 0. The molecule has 2 N–H and O–H groups in total. The number of rotatable bonds is 4. The SMILES string of the molecule is Cc1ccc(CC(=O)NC2CCCCCC2CO)cc1. The third-order valence-corrected chi connectivity index (χ3v) is 4.23. The molecule has 1 aromatic rings. The average molecular weight is 275 g/mol. The Labute approximate surface area is 121 Å². The van der Waals surface area contributed by atoms with Crippen LogP contribution in [0, 0.1) is 12.8 Å².